The Bertz CT molecular complexity index is 1040. The summed E-state index contributed by atoms with van der Waals surface area (Å²) in [4.78, 5) is 24.4. The third-order valence-electron chi connectivity index (χ3n) is 11.8. The Labute approximate surface area is 378 Å². The number of hydrogen-bond acceptors (Lipinski definition) is 5. The highest BCUT2D eigenvalue weighted by Gasteiger charge is 2.18. The Hall–Kier alpha value is -2.18. The molecule has 0 aromatic rings. The van der Waals surface area contributed by atoms with Crippen LogP contribution in [0.2, 0.25) is 0 Å². The summed E-state index contributed by atoms with van der Waals surface area (Å²) in [5, 5.41) is 22.9. The van der Waals surface area contributed by atoms with E-state index in [1.165, 1.54) is 161 Å². The molecule has 3 N–H and O–H groups in total. The largest absolute Gasteiger partial charge is 0.466 e. The van der Waals surface area contributed by atoms with E-state index in [0.29, 0.717) is 19.4 Å². The molecule has 2 unspecified atom stereocenters. The number of aliphatic hydroxyl groups is 2. The summed E-state index contributed by atoms with van der Waals surface area (Å²) < 4.78 is 5.45. The van der Waals surface area contributed by atoms with Crippen molar-refractivity contribution in [3.63, 3.8) is 0 Å². The van der Waals surface area contributed by atoms with Gasteiger partial charge in [0.05, 0.1) is 25.4 Å². The highest BCUT2D eigenvalue weighted by Crippen LogP contribution is 2.14. The molecule has 61 heavy (non-hydrogen) atoms. The van der Waals surface area contributed by atoms with Crippen molar-refractivity contribution in [3.8, 4) is 0 Å². The van der Waals surface area contributed by atoms with Crippen LogP contribution in [0.1, 0.15) is 264 Å². The zero-order valence-electron chi connectivity index (χ0n) is 40.4. The summed E-state index contributed by atoms with van der Waals surface area (Å²) in [5.74, 6) is -0.120. The monoisotopic (exact) mass is 856 g/mol. The van der Waals surface area contributed by atoms with E-state index in [-0.39, 0.29) is 18.5 Å². The zero-order valence-corrected chi connectivity index (χ0v) is 40.4. The summed E-state index contributed by atoms with van der Waals surface area (Å²) in [5.41, 5.74) is 0. The number of carbonyl (C=O) groups is 2. The van der Waals surface area contributed by atoms with Gasteiger partial charge in [-0.25, -0.2) is 0 Å². The molecule has 356 valence electrons. The van der Waals surface area contributed by atoms with Crippen LogP contribution in [0.4, 0.5) is 0 Å². The molecule has 0 aromatic heterocycles. The van der Waals surface area contributed by atoms with Crippen LogP contribution in [0.5, 0.6) is 0 Å². The molecule has 0 bridgehead atoms. The van der Waals surface area contributed by atoms with E-state index < -0.39 is 12.1 Å². The van der Waals surface area contributed by atoms with Gasteiger partial charge < -0.3 is 20.3 Å². The summed E-state index contributed by atoms with van der Waals surface area (Å²) in [6.07, 6.45) is 62.6. The molecule has 6 nitrogen and oxygen atoms in total. The van der Waals surface area contributed by atoms with Gasteiger partial charge in [0, 0.05) is 12.8 Å². The molecule has 0 saturated heterocycles. The highest BCUT2D eigenvalue weighted by molar-refractivity contribution is 5.76. The van der Waals surface area contributed by atoms with Gasteiger partial charge in [-0.2, -0.15) is 0 Å². The maximum atomic E-state index is 12.4. The van der Waals surface area contributed by atoms with Gasteiger partial charge in [-0.1, -0.05) is 210 Å². The summed E-state index contributed by atoms with van der Waals surface area (Å²) in [7, 11) is 0. The van der Waals surface area contributed by atoms with Gasteiger partial charge in [0.2, 0.25) is 5.91 Å². The van der Waals surface area contributed by atoms with Gasteiger partial charge in [0.15, 0.2) is 0 Å². The topological polar surface area (TPSA) is 95.9 Å². The van der Waals surface area contributed by atoms with E-state index in [1.54, 1.807) is 6.08 Å². The molecule has 0 aliphatic heterocycles. The standard InChI is InChI=1S/C55H101NO5/c1-3-5-7-9-11-13-15-16-17-18-19-22-25-29-33-37-41-45-49-55(60)61-50-46-42-38-34-30-26-23-20-21-24-28-32-36-40-44-48-54(59)56-52(51-57)53(58)47-43-39-35-31-27-14-12-10-8-6-4-2/h17-18,20,23,26,30,43,47,52-53,57-58H,3-16,19,21-22,24-25,27-29,31-42,44-46,48-51H2,1-2H3,(H,56,59)/b18-17-,23-20-,30-26-,47-43+. The first-order valence-corrected chi connectivity index (χ1v) is 26.4. The maximum Gasteiger partial charge on any atom is 0.305 e. The van der Waals surface area contributed by atoms with E-state index in [0.717, 1.165) is 77.0 Å². The molecule has 0 spiro atoms. The lowest BCUT2D eigenvalue weighted by molar-refractivity contribution is -0.143. The quantitative estimate of drug-likeness (QED) is 0.0245. The van der Waals surface area contributed by atoms with E-state index in [9.17, 15) is 19.8 Å². The number of amides is 1. The molecule has 6 heteroatoms. The Kier molecular flexibility index (Phi) is 48.7. The third kappa shape index (κ3) is 47.1. The van der Waals surface area contributed by atoms with Crippen molar-refractivity contribution < 1.29 is 24.5 Å². The predicted octanol–water partition coefficient (Wildman–Crippen LogP) is 15.8. The molecule has 0 rings (SSSR count). The maximum absolute atomic E-state index is 12.4. The minimum Gasteiger partial charge on any atom is -0.466 e. The fraction of sp³-hybridized carbons (Fsp3) is 0.818. The number of unbranched alkanes of at least 4 members (excludes halogenated alkanes) is 32. The van der Waals surface area contributed by atoms with Gasteiger partial charge in [-0.15, -0.1) is 0 Å². The number of nitrogens with one attached hydrogen (secondary N) is 1. The number of ether oxygens (including phenoxy) is 1. The molecule has 0 saturated carbocycles. The van der Waals surface area contributed by atoms with Crippen LogP contribution < -0.4 is 5.32 Å². The summed E-state index contributed by atoms with van der Waals surface area (Å²) in [6.45, 7) is 4.82. The Balaban J connectivity index is 3.53. The van der Waals surface area contributed by atoms with Gasteiger partial charge in [-0.3, -0.25) is 9.59 Å². The first-order chi connectivity index (χ1) is 30.0. The van der Waals surface area contributed by atoms with E-state index in [2.05, 4.69) is 55.6 Å². The van der Waals surface area contributed by atoms with Gasteiger partial charge in [-0.05, 0) is 89.9 Å². The van der Waals surface area contributed by atoms with Crippen LogP contribution in [0.15, 0.2) is 48.6 Å². The van der Waals surface area contributed by atoms with E-state index in [4.69, 9.17) is 4.74 Å². The molecule has 2 atom stereocenters. The zero-order chi connectivity index (χ0) is 44.4. The fourth-order valence-corrected chi connectivity index (χ4v) is 7.73. The second-order valence-electron chi connectivity index (χ2n) is 17.9. The lowest BCUT2D eigenvalue weighted by atomic mass is 10.1. The lowest BCUT2D eigenvalue weighted by Crippen LogP contribution is -2.45. The number of aliphatic hydroxyl groups excluding tert-OH is 2. The Morgan fingerprint density at radius 1 is 0.459 bits per heavy atom. The summed E-state index contributed by atoms with van der Waals surface area (Å²) in [6, 6.07) is -0.644. The number of hydrogen-bond donors (Lipinski definition) is 3. The van der Waals surface area contributed by atoms with Crippen LogP contribution in [-0.4, -0.2) is 47.4 Å². The molecule has 1 amide bonds. The average molecular weight is 856 g/mol. The molecular formula is C55H101NO5. The molecule has 0 aliphatic rings. The van der Waals surface area contributed by atoms with Crippen LogP contribution in [0.25, 0.3) is 0 Å². The van der Waals surface area contributed by atoms with Crippen molar-refractivity contribution >= 4 is 11.9 Å². The first-order valence-electron chi connectivity index (χ1n) is 26.4. The molecular weight excluding hydrogens is 755 g/mol. The van der Waals surface area contributed by atoms with Gasteiger partial charge in [0.1, 0.15) is 0 Å². The minimum absolute atomic E-state index is 0.0268. The highest BCUT2D eigenvalue weighted by atomic mass is 16.5. The van der Waals surface area contributed by atoms with Crippen LogP contribution in [-0.2, 0) is 14.3 Å². The second-order valence-corrected chi connectivity index (χ2v) is 17.9. The molecule has 0 aromatic carbocycles. The van der Waals surface area contributed by atoms with E-state index in [1.807, 2.05) is 6.08 Å². The van der Waals surface area contributed by atoms with Crippen LogP contribution in [0, 0.1) is 0 Å². The molecule has 0 fully saturated rings. The van der Waals surface area contributed by atoms with Crippen molar-refractivity contribution in [3.05, 3.63) is 48.6 Å². The number of rotatable bonds is 48. The van der Waals surface area contributed by atoms with Crippen molar-refractivity contribution in [1.82, 2.24) is 5.32 Å². The lowest BCUT2D eigenvalue weighted by Gasteiger charge is -2.20. The first kappa shape index (κ1) is 58.8. The van der Waals surface area contributed by atoms with Crippen LogP contribution in [0.3, 0.4) is 0 Å². The molecule has 0 heterocycles. The minimum atomic E-state index is -0.858. The number of carbonyl (C=O) groups excluding carboxylic acids is 2. The SMILES string of the molecule is CCCCCCCCC/C=C\CCCCCCCCCC(=O)OCCCCC/C=C\C=C/CCCCCCCCC(=O)NC(CO)C(O)/C=C/CCCCCCCCCCC. The van der Waals surface area contributed by atoms with Crippen molar-refractivity contribution in [2.45, 2.75) is 276 Å². The second kappa shape index (κ2) is 50.5. The normalized spacial score (nSPS) is 13.0. The third-order valence-corrected chi connectivity index (χ3v) is 11.8. The Morgan fingerprint density at radius 2 is 0.820 bits per heavy atom. The van der Waals surface area contributed by atoms with Crippen LogP contribution >= 0.6 is 0 Å². The average Bonchev–Trinajstić information content (AvgIpc) is 3.26. The number of allylic oxidation sites excluding steroid dienone is 7. The van der Waals surface area contributed by atoms with Crippen molar-refractivity contribution in [2.24, 2.45) is 0 Å². The van der Waals surface area contributed by atoms with Gasteiger partial charge in [0.25, 0.3) is 0 Å². The van der Waals surface area contributed by atoms with Crippen molar-refractivity contribution in [2.75, 3.05) is 13.2 Å². The Morgan fingerprint density at radius 3 is 1.26 bits per heavy atom. The summed E-state index contributed by atoms with van der Waals surface area (Å²) >= 11 is 0. The fourth-order valence-electron chi connectivity index (χ4n) is 7.73. The predicted molar refractivity (Wildman–Crippen MR) is 264 cm³/mol. The molecule has 0 aliphatic carbocycles. The van der Waals surface area contributed by atoms with Crippen molar-refractivity contribution in [1.29, 1.82) is 0 Å². The van der Waals surface area contributed by atoms with E-state index >= 15 is 0 Å². The number of esters is 1. The molecule has 0 radical (unpaired) electrons. The van der Waals surface area contributed by atoms with Gasteiger partial charge >= 0.3 is 5.97 Å². The smallest absolute Gasteiger partial charge is 0.305 e.